The van der Waals surface area contributed by atoms with Crippen LogP contribution in [0.15, 0.2) is 18.2 Å². The first-order valence-electron chi connectivity index (χ1n) is 8.10. The van der Waals surface area contributed by atoms with Crippen molar-refractivity contribution in [3.05, 3.63) is 23.8 Å². The van der Waals surface area contributed by atoms with Gasteiger partial charge in [0.2, 0.25) is 12.7 Å². The van der Waals surface area contributed by atoms with Crippen molar-refractivity contribution in [3.8, 4) is 11.5 Å². The van der Waals surface area contributed by atoms with E-state index in [0.29, 0.717) is 26.3 Å². The third-order valence-electron chi connectivity index (χ3n) is 4.84. The summed E-state index contributed by atoms with van der Waals surface area (Å²) < 4.78 is 16.4. The fourth-order valence-corrected chi connectivity index (χ4v) is 3.09. The third kappa shape index (κ3) is 3.28. The van der Waals surface area contributed by atoms with Gasteiger partial charge in [-0.3, -0.25) is 4.79 Å². The van der Waals surface area contributed by atoms with E-state index in [1.165, 1.54) is 0 Å². The summed E-state index contributed by atoms with van der Waals surface area (Å²) in [5.41, 5.74) is 6.60. The highest BCUT2D eigenvalue weighted by molar-refractivity contribution is 5.78. The van der Waals surface area contributed by atoms with Gasteiger partial charge in [-0.1, -0.05) is 13.0 Å². The number of hydrogen-bond acceptors (Lipinski definition) is 5. The van der Waals surface area contributed by atoms with Crippen molar-refractivity contribution in [2.24, 2.45) is 11.7 Å². The van der Waals surface area contributed by atoms with Crippen molar-refractivity contribution in [1.82, 2.24) is 5.32 Å². The molecule has 0 radical (unpaired) electrons. The largest absolute Gasteiger partial charge is 0.454 e. The molecule has 23 heavy (non-hydrogen) atoms. The zero-order chi connectivity index (χ0) is 16.3. The van der Waals surface area contributed by atoms with Crippen molar-refractivity contribution < 1.29 is 19.0 Å². The lowest BCUT2D eigenvalue weighted by atomic mass is 9.74. The molecule has 1 saturated heterocycles. The zero-order valence-electron chi connectivity index (χ0n) is 13.5. The number of ether oxygens (including phenoxy) is 3. The minimum absolute atomic E-state index is 0.000824. The molecule has 1 fully saturated rings. The smallest absolute Gasteiger partial charge is 0.231 e. The van der Waals surface area contributed by atoms with Gasteiger partial charge in [0.25, 0.3) is 0 Å². The summed E-state index contributed by atoms with van der Waals surface area (Å²) in [7, 11) is 0. The Labute approximate surface area is 136 Å². The van der Waals surface area contributed by atoms with Crippen LogP contribution in [0.1, 0.15) is 25.3 Å². The Morgan fingerprint density at radius 2 is 2.04 bits per heavy atom. The lowest BCUT2D eigenvalue weighted by molar-refractivity contribution is -0.124. The second-order valence-electron chi connectivity index (χ2n) is 6.32. The highest BCUT2D eigenvalue weighted by Crippen LogP contribution is 2.40. The van der Waals surface area contributed by atoms with Gasteiger partial charge in [-0.25, -0.2) is 0 Å². The highest BCUT2D eigenvalue weighted by atomic mass is 16.7. The van der Waals surface area contributed by atoms with E-state index in [2.05, 4.69) is 11.4 Å². The van der Waals surface area contributed by atoms with Crippen LogP contribution < -0.4 is 20.5 Å². The number of rotatable bonds is 5. The molecule has 1 aromatic carbocycles. The Bertz CT molecular complexity index is 570. The Balaban J connectivity index is 1.80. The van der Waals surface area contributed by atoms with E-state index in [9.17, 15) is 4.79 Å². The summed E-state index contributed by atoms with van der Waals surface area (Å²) in [6, 6.07) is 6.04. The van der Waals surface area contributed by atoms with Crippen LogP contribution in [0, 0.1) is 5.92 Å². The van der Waals surface area contributed by atoms with Crippen molar-refractivity contribution in [2.45, 2.75) is 25.2 Å². The summed E-state index contributed by atoms with van der Waals surface area (Å²) in [5, 5.41) is 3.06. The lowest BCUT2D eigenvalue weighted by Crippen LogP contribution is -2.46. The van der Waals surface area contributed by atoms with Crippen LogP contribution in [0.5, 0.6) is 11.5 Å². The monoisotopic (exact) mass is 320 g/mol. The molecular weight excluding hydrogens is 296 g/mol. The van der Waals surface area contributed by atoms with E-state index >= 15 is 0 Å². The minimum Gasteiger partial charge on any atom is -0.454 e. The molecule has 3 N–H and O–H groups in total. The Morgan fingerprint density at radius 1 is 1.30 bits per heavy atom. The number of benzene rings is 1. The fourth-order valence-electron chi connectivity index (χ4n) is 3.09. The molecule has 3 rings (SSSR count). The van der Waals surface area contributed by atoms with E-state index in [1.807, 2.05) is 19.1 Å². The van der Waals surface area contributed by atoms with Crippen LogP contribution >= 0.6 is 0 Å². The SMILES string of the molecule is CC(CN)C(=O)NCC1(c2ccc3c(c2)OCO3)CCOCC1. The molecule has 1 aromatic rings. The molecule has 1 atom stereocenters. The first-order chi connectivity index (χ1) is 11.1. The maximum Gasteiger partial charge on any atom is 0.231 e. The van der Waals surface area contributed by atoms with Crippen molar-refractivity contribution in [3.63, 3.8) is 0 Å². The van der Waals surface area contributed by atoms with Gasteiger partial charge < -0.3 is 25.3 Å². The topological polar surface area (TPSA) is 82.8 Å². The average molecular weight is 320 g/mol. The standard InChI is InChI=1S/C17H24N2O4/c1-12(9-18)16(20)19-10-17(4-6-21-7-5-17)13-2-3-14-15(8-13)23-11-22-14/h2-3,8,12H,4-7,9-11,18H2,1H3,(H,19,20). The van der Waals surface area contributed by atoms with Gasteiger partial charge in [0.15, 0.2) is 11.5 Å². The number of nitrogens with one attached hydrogen (secondary N) is 1. The quantitative estimate of drug-likeness (QED) is 0.851. The molecule has 2 heterocycles. The van der Waals surface area contributed by atoms with Gasteiger partial charge in [-0.2, -0.15) is 0 Å². The van der Waals surface area contributed by atoms with Crippen LogP contribution in [-0.4, -0.2) is 39.0 Å². The van der Waals surface area contributed by atoms with E-state index in [-0.39, 0.29) is 24.0 Å². The van der Waals surface area contributed by atoms with E-state index in [0.717, 1.165) is 29.9 Å². The number of hydrogen-bond donors (Lipinski definition) is 2. The van der Waals surface area contributed by atoms with Gasteiger partial charge in [0.1, 0.15) is 0 Å². The summed E-state index contributed by atoms with van der Waals surface area (Å²) in [4.78, 5) is 12.1. The van der Waals surface area contributed by atoms with Crippen LogP contribution in [-0.2, 0) is 14.9 Å². The normalized spacial score (nSPS) is 20.1. The zero-order valence-corrected chi connectivity index (χ0v) is 13.5. The van der Waals surface area contributed by atoms with Crippen LogP contribution in [0.25, 0.3) is 0 Å². The predicted molar refractivity (Wildman–Crippen MR) is 85.5 cm³/mol. The number of nitrogens with two attached hydrogens (primary N) is 1. The van der Waals surface area contributed by atoms with Gasteiger partial charge >= 0.3 is 0 Å². The number of fused-ring (bicyclic) bond motifs is 1. The first-order valence-corrected chi connectivity index (χ1v) is 8.10. The molecule has 0 aliphatic carbocycles. The van der Waals surface area contributed by atoms with E-state index < -0.39 is 0 Å². The molecule has 0 spiro atoms. The molecular formula is C17H24N2O4. The van der Waals surface area contributed by atoms with Gasteiger partial charge in [0, 0.05) is 37.6 Å². The van der Waals surface area contributed by atoms with Gasteiger partial charge in [-0.15, -0.1) is 0 Å². The van der Waals surface area contributed by atoms with E-state index in [1.54, 1.807) is 0 Å². The molecule has 126 valence electrons. The molecule has 0 bridgehead atoms. The highest BCUT2D eigenvalue weighted by Gasteiger charge is 2.36. The maximum atomic E-state index is 12.1. The second kappa shape index (κ2) is 6.76. The fraction of sp³-hybridized carbons (Fsp3) is 0.588. The van der Waals surface area contributed by atoms with Crippen LogP contribution in [0.3, 0.4) is 0 Å². The number of amides is 1. The molecule has 1 amide bonds. The van der Waals surface area contributed by atoms with Crippen LogP contribution in [0.2, 0.25) is 0 Å². The molecule has 2 aliphatic heterocycles. The Morgan fingerprint density at radius 3 is 2.78 bits per heavy atom. The molecule has 0 saturated carbocycles. The molecule has 6 heteroatoms. The Kier molecular flexibility index (Phi) is 4.73. The molecule has 1 unspecified atom stereocenters. The number of carbonyl (C=O) groups is 1. The summed E-state index contributed by atoms with van der Waals surface area (Å²) in [6.07, 6.45) is 1.73. The van der Waals surface area contributed by atoms with E-state index in [4.69, 9.17) is 19.9 Å². The summed E-state index contributed by atoms with van der Waals surface area (Å²) in [6.45, 7) is 4.42. The molecule has 6 nitrogen and oxygen atoms in total. The predicted octanol–water partition coefficient (Wildman–Crippen LogP) is 1.17. The maximum absolute atomic E-state index is 12.1. The third-order valence-corrected chi connectivity index (χ3v) is 4.84. The van der Waals surface area contributed by atoms with Gasteiger partial charge in [-0.05, 0) is 30.5 Å². The molecule has 0 aromatic heterocycles. The number of carbonyl (C=O) groups excluding carboxylic acids is 1. The van der Waals surface area contributed by atoms with Crippen LogP contribution in [0.4, 0.5) is 0 Å². The van der Waals surface area contributed by atoms with Crippen molar-refractivity contribution >= 4 is 5.91 Å². The second-order valence-corrected chi connectivity index (χ2v) is 6.32. The Hall–Kier alpha value is -1.79. The first kappa shape index (κ1) is 16.1. The summed E-state index contributed by atoms with van der Waals surface area (Å²) >= 11 is 0. The van der Waals surface area contributed by atoms with Crippen molar-refractivity contribution in [1.29, 1.82) is 0 Å². The average Bonchev–Trinajstić information content (AvgIpc) is 3.07. The lowest BCUT2D eigenvalue weighted by Gasteiger charge is -2.38. The minimum atomic E-state index is -0.177. The van der Waals surface area contributed by atoms with Crippen molar-refractivity contribution in [2.75, 3.05) is 33.1 Å². The summed E-state index contributed by atoms with van der Waals surface area (Å²) in [5.74, 6) is 1.37. The van der Waals surface area contributed by atoms with Gasteiger partial charge in [0.05, 0.1) is 0 Å². The molecule has 2 aliphatic rings.